The van der Waals surface area contributed by atoms with Crippen LogP contribution in [0.1, 0.15) is 31.7 Å². The Kier molecular flexibility index (Phi) is 4.06. The number of Topliss-reactive ketones (excluding diaryl/α,β-unsaturated/α-hetero) is 1. The van der Waals surface area contributed by atoms with E-state index >= 15 is 0 Å². The van der Waals surface area contributed by atoms with Crippen molar-refractivity contribution in [1.82, 2.24) is 4.31 Å². The summed E-state index contributed by atoms with van der Waals surface area (Å²) in [5, 5.41) is 0. The molecule has 1 aromatic carbocycles. The first-order valence-electron chi connectivity index (χ1n) is 6.55. The highest BCUT2D eigenvalue weighted by molar-refractivity contribution is 7.89. The van der Waals surface area contributed by atoms with Crippen LogP contribution in [0.2, 0.25) is 0 Å². The third-order valence-corrected chi connectivity index (χ3v) is 5.55. The van der Waals surface area contributed by atoms with Crippen LogP contribution in [-0.4, -0.2) is 31.1 Å². The van der Waals surface area contributed by atoms with E-state index in [1.165, 1.54) is 4.31 Å². The summed E-state index contributed by atoms with van der Waals surface area (Å²) in [5.41, 5.74) is 1.03. The molecular formula is C14H19NO3S. The minimum absolute atomic E-state index is 0.155. The fourth-order valence-electron chi connectivity index (χ4n) is 2.39. The zero-order chi connectivity index (χ0) is 14.0. The Morgan fingerprint density at radius 2 is 1.89 bits per heavy atom. The molecule has 1 atom stereocenters. The average Bonchev–Trinajstić information content (AvgIpc) is 2.38. The lowest BCUT2D eigenvalue weighted by atomic mass is 10.0. The minimum atomic E-state index is -3.48. The van der Waals surface area contributed by atoms with Crippen molar-refractivity contribution in [2.75, 3.05) is 6.54 Å². The lowest BCUT2D eigenvalue weighted by molar-refractivity contribution is -0.121. The Morgan fingerprint density at radius 1 is 1.26 bits per heavy atom. The summed E-state index contributed by atoms with van der Waals surface area (Å²) in [6.45, 7) is 4.14. The number of sulfonamides is 1. The molecular weight excluding hydrogens is 262 g/mol. The van der Waals surface area contributed by atoms with Crippen LogP contribution in [0, 0.1) is 6.92 Å². The third kappa shape index (κ3) is 2.87. The van der Waals surface area contributed by atoms with Crippen LogP contribution in [0.15, 0.2) is 29.2 Å². The molecule has 1 aliphatic rings. The van der Waals surface area contributed by atoms with Gasteiger partial charge in [-0.3, -0.25) is 4.79 Å². The van der Waals surface area contributed by atoms with E-state index in [-0.39, 0.29) is 11.8 Å². The summed E-state index contributed by atoms with van der Waals surface area (Å²) >= 11 is 0. The molecule has 2 rings (SSSR count). The first kappa shape index (κ1) is 14.2. The van der Waals surface area contributed by atoms with Gasteiger partial charge in [-0.05, 0) is 25.5 Å². The van der Waals surface area contributed by atoms with E-state index in [4.69, 9.17) is 0 Å². The topological polar surface area (TPSA) is 54.5 Å². The van der Waals surface area contributed by atoms with Crippen molar-refractivity contribution >= 4 is 15.8 Å². The van der Waals surface area contributed by atoms with Gasteiger partial charge in [-0.2, -0.15) is 4.31 Å². The summed E-state index contributed by atoms with van der Waals surface area (Å²) in [6.07, 6.45) is 1.32. The Morgan fingerprint density at radius 3 is 2.47 bits per heavy atom. The fourth-order valence-corrected chi connectivity index (χ4v) is 4.09. The quantitative estimate of drug-likeness (QED) is 0.853. The lowest BCUT2D eigenvalue weighted by Crippen LogP contribution is -2.45. The van der Waals surface area contributed by atoms with E-state index < -0.39 is 10.0 Å². The summed E-state index contributed by atoms with van der Waals surface area (Å²) in [7, 11) is -3.48. The number of hydrogen-bond acceptors (Lipinski definition) is 3. The molecule has 1 fully saturated rings. The van der Waals surface area contributed by atoms with Gasteiger partial charge in [-0.15, -0.1) is 0 Å². The molecule has 0 aromatic heterocycles. The Hall–Kier alpha value is -1.20. The normalized spacial score (nSPS) is 21.6. The van der Waals surface area contributed by atoms with Crippen molar-refractivity contribution in [2.45, 2.75) is 44.0 Å². The number of benzene rings is 1. The van der Waals surface area contributed by atoms with Gasteiger partial charge in [0.25, 0.3) is 0 Å². The second-order valence-electron chi connectivity index (χ2n) is 4.98. The van der Waals surface area contributed by atoms with Gasteiger partial charge in [-0.1, -0.05) is 24.6 Å². The number of ketones is 1. The zero-order valence-corrected chi connectivity index (χ0v) is 12.1. The standard InChI is InChI=1S/C14H19NO3S/c1-3-12-10-13(16)8-9-15(12)19(17,18)14-6-4-11(2)5-7-14/h4-7,12H,3,8-10H2,1-2H3/t12-/m1/s1. The summed E-state index contributed by atoms with van der Waals surface area (Å²) in [5.74, 6) is 0.155. The molecule has 0 saturated carbocycles. The van der Waals surface area contributed by atoms with Crippen LogP contribution in [0.3, 0.4) is 0 Å². The predicted octanol–water partition coefficient (Wildman–Crippen LogP) is 2.13. The molecule has 1 saturated heterocycles. The molecule has 1 aliphatic heterocycles. The van der Waals surface area contributed by atoms with Gasteiger partial charge in [0, 0.05) is 25.4 Å². The molecule has 0 amide bonds. The van der Waals surface area contributed by atoms with Gasteiger partial charge in [0.2, 0.25) is 10.0 Å². The molecule has 0 spiro atoms. The maximum atomic E-state index is 12.6. The number of hydrogen-bond donors (Lipinski definition) is 0. The molecule has 0 N–H and O–H groups in total. The number of piperidine rings is 1. The van der Waals surface area contributed by atoms with Crippen LogP contribution in [0.25, 0.3) is 0 Å². The van der Waals surface area contributed by atoms with Crippen LogP contribution in [0.5, 0.6) is 0 Å². The van der Waals surface area contributed by atoms with Crippen molar-refractivity contribution in [1.29, 1.82) is 0 Å². The smallest absolute Gasteiger partial charge is 0.243 e. The van der Waals surface area contributed by atoms with Crippen LogP contribution >= 0.6 is 0 Å². The largest absolute Gasteiger partial charge is 0.300 e. The van der Waals surface area contributed by atoms with Gasteiger partial charge in [-0.25, -0.2) is 8.42 Å². The summed E-state index contributed by atoms with van der Waals surface area (Å²) in [4.78, 5) is 11.8. The maximum absolute atomic E-state index is 12.6. The van der Waals surface area contributed by atoms with E-state index in [0.29, 0.717) is 30.7 Å². The highest BCUT2D eigenvalue weighted by Crippen LogP contribution is 2.25. The van der Waals surface area contributed by atoms with Gasteiger partial charge < -0.3 is 0 Å². The fraction of sp³-hybridized carbons (Fsp3) is 0.500. The van der Waals surface area contributed by atoms with E-state index in [1.54, 1.807) is 24.3 Å². The highest BCUT2D eigenvalue weighted by atomic mass is 32.2. The monoisotopic (exact) mass is 281 g/mol. The van der Waals surface area contributed by atoms with E-state index in [9.17, 15) is 13.2 Å². The minimum Gasteiger partial charge on any atom is -0.300 e. The van der Waals surface area contributed by atoms with E-state index in [0.717, 1.165) is 5.56 Å². The van der Waals surface area contributed by atoms with Gasteiger partial charge in [0.1, 0.15) is 5.78 Å². The van der Waals surface area contributed by atoms with Crippen LogP contribution < -0.4 is 0 Å². The number of carbonyl (C=O) groups is 1. The summed E-state index contributed by atoms with van der Waals surface area (Å²) < 4.78 is 26.7. The van der Waals surface area contributed by atoms with Crippen molar-refractivity contribution in [3.8, 4) is 0 Å². The highest BCUT2D eigenvalue weighted by Gasteiger charge is 2.35. The molecule has 0 bridgehead atoms. The first-order valence-corrected chi connectivity index (χ1v) is 7.99. The number of carbonyl (C=O) groups excluding carboxylic acids is 1. The average molecular weight is 281 g/mol. The lowest BCUT2D eigenvalue weighted by Gasteiger charge is -2.33. The van der Waals surface area contributed by atoms with Crippen molar-refractivity contribution in [3.63, 3.8) is 0 Å². The number of aryl methyl sites for hydroxylation is 1. The third-order valence-electron chi connectivity index (χ3n) is 3.58. The van der Waals surface area contributed by atoms with E-state index in [1.807, 2.05) is 13.8 Å². The SMILES string of the molecule is CC[C@@H]1CC(=O)CCN1S(=O)(=O)c1ccc(C)cc1. The molecule has 5 heteroatoms. The van der Waals surface area contributed by atoms with Gasteiger partial charge in [0.15, 0.2) is 0 Å². The van der Waals surface area contributed by atoms with Crippen molar-refractivity contribution in [3.05, 3.63) is 29.8 Å². The number of rotatable bonds is 3. The van der Waals surface area contributed by atoms with Crippen LogP contribution in [-0.2, 0) is 14.8 Å². The molecule has 0 radical (unpaired) electrons. The van der Waals surface area contributed by atoms with Gasteiger partial charge in [0.05, 0.1) is 4.90 Å². The number of nitrogens with zero attached hydrogens (tertiary/aromatic N) is 1. The van der Waals surface area contributed by atoms with Crippen LogP contribution in [0.4, 0.5) is 0 Å². The van der Waals surface area contributed by atoms with Gasteiger partial charge >= 0.3 is 0 Å². The Bertz CT molecular complexity index is 563. The molecule has 1 aromatic rings. The van der Waals surface area contributed by atoms with E-state index in [2.05, 4.69) is 0 Å². The van der Waals surface area contributed by atoms with Crippen molar-refractivity contribution < 1.29 is 13.2 Å². The Labute approximate surface area is 114 Å². The molecule has 4 nitrogen and oxygen atoms in total. The zero-order valence-electron chi connectivity index (χ0n) is 11.3. The first-order chi connectivity index (χ1) is 8.95. The molecule has 1 heterocycles. The molecule has 0 aliphatic carbocycles. The molecule has 0 unspecified atom stereocenters. The second kappa shape index (κ2) is 5.43. The summed E-state index contributed by atoms with van der Waals surface area (Å²) in [6, 6.07) is 6.65. The predicted molar refractivity (Wildman–Crippen MR) is 73.4 cm³/mol. The molecule has 19 heavy (non-hydrogen) atoms. The van der Waals surface area contributed by atoms with Crippen molar-refractivity contribution in [2.24, 2.45) is 0 Å². The molecule has 104 valence electrons. The Balaban J connectivity index is 2.33. The maximum Gasteiger partial charge on any atom is 0.243 e. The second-order valence-corrected chi connectivity index (χ2v) is 6.87.